The molecule has 0 bridgehead atoms. The van der Waals surface area contributed by atoms with Gasteiger partial charge in [0.05, 0.1) is 18.8 Å². The Morgan fingerprint density at radius 3 is 1.07 bits per heavy atom. The highest BCUT2D eigenvalue weighted by molar-refractivity contribution is 5.80. The van der Waals surface area contributed by atoms with E-state index < -0.39 is 36.9 Å². The summed E-state index contributed by atoms with van der Waals surface area (Å²) >= 11 is 0. The van der Waals surface area contributed by atoms with Gasteiger partial charge in [0.1, 0.15) is 12.2 Å². The van der Waals surface area contributed by atoms with Crippen molar-refractivity contribution in [1.82, 2.24) is 5.32 Å². The Morgan fingerprint density at radius 1 is 0.429 bits per heavy atom. The van der Waals surface area contributed by atoms with Crippen LogP contribution in [0, 0.1) is 0 Å². The maximum Gasteiger partial charge on any atom is 0.249 e. The van der Waals surface area contributed by atoms with Crippen LogP contribution in [0.1, 0.15) is 271 Å². The first-order valence-corrected chi connectivity index (χ1v) is 25.1. The number of carbonyl (C=O) groups excluding carboxylic acids is 1. The van der Waals surface area contributed by atoms with Crippen LogP contribution in [0.25, 0.3) is 0 Å². The molecule has 6 nitrogen and oxygen atoms in total. The van der Waals surface area contributed by atoms with E-state index in [1.54, 1.807) is 0 Å². The standard InChI is InChI=1S/C50H99NO5/c1-3-5-7-9-11-13-15-16-17-18-19-20-21-22-23-24-25-26-27-28-29-30-31-32-34-35-37-39-41-43-47(53)49(55)46(45-52)51-50(56)48(54)44-42-40-38-36-33-14-12-10-8-6-4-2/h35,37,46-49,52-55H,3-34,36,38-45H2,1-2H3,(H,51,56)/b37-35+. The molecule has 0 saturated carbocycles. The second-order valence-corrected chi connectivity index (χ2v) is 17.5. The van der Waals surface area contributed by atoms with Crippen molar-refractivity contribution in [2.45, 2.75) is 295 Å². The lowest BCUT2D eigenvalue weighted by Gasteiger charge is -2.27. The summed E-state index contributed by atoms with van der Waals surface area (Å²) in [6, 6.07) is -0.997. The number of amides is 1. The Labute approximate surface area is 349 Å². The SMILES string of the molecule is CCCCCCCCCCCCCCCCCCCCCCCCCC/C=C/CCCC(O)C(O)C(CO)NC(=O)C(O)CCCCCCCCCCCCC. The summed E-state index contributed by atoms with van der Waals surface area (Å²) in [4.78, 5) is 12.5. The highest BCUT2D eigenvalue weighted by Crippen LogP contribution is 2.17. The van der Waals surface area contributed by atoms with E-state index in [2.05, 4.69) is 31.3 Å². The van der Waals surface area contributed by atoms with E-state index in [0.717, 1.165) is 38.5 Å². The molecule has 0 radical (unpaired) electrons. The molecule has 4 atom stereocenters. The smallest absolute Gasteiger partial charge is 0.249 e. The van der Waals surface area contributed by atoms with Gasteiger partial charge in [-0.05, 0) is 38.5 Å². The Kier molecular flexibility index (Phi) is 44.4. The topological polar surface area (TPSA) is 110 Å². The lowest BCUT2D eigenvalue weighted by atomic mass is 10.00. The molecular formula is C50H99NO5. The molecular weight excluding hydrogens is 695 g/mol. The lowest BCUT2D eigenvalue weighted by Crippen LogP contribution is -2.53. The summed E-state index contributed by atoms with van der Waals surface area (Å²) in [5.41, 5.74) is 0. The number of aliphatic hydroxyl groups excluding tert-OH is 4. The van der Waals surface area contributed by atoms with E-state index in [-0.39, 0.29) is 0 Å². The fourth-order valence-corrected chi connectivity index (χ4v) is 7.99. The van der Waals surface area contributed by atoms with E-state index in [4.69, 9.17) is 0 Å². The Hall–Kier alpha value is -0.950. The molecule has 0 aliphatic rings. The summed E-state index contributed by atoms with van der Waals surface area (Å²) in [7, 11) is 0. The van der Waals surface area contributed by atoms with E-state index in [9.17, 15) is 25.2 Å². The summed E-state index contributed by atoms with van der Waals surface area (Å²) in [5.74, 6) is -0.592. The Bertz CT molecular complexity index is 806. The minimum atomic E-state index is -1.28. The molecule has 0 aliphatic carbocycles. The van der Waals surface area contributed by atoms with Gasteiger partial charge in [0.15, 0.2) is 0 Å². The van der Waals surface area contributed by atoms with Crippen molar-refractivity contribution in [3.8, 4) is 0 Å². The van der Waals surface area contributed by atoms with E-state index in [1.807, 2.05) is 0 Å². The molecule has 0 aromatic carbocycles. The zero-order valence-electron chi connectivity index (χ0n) is 37.7. The normalized spacial score (nSPS) is 14.0. The van der Waals surface area contributed by atoms with Crippen LogP contribution in [0.3, 0.4) is 0 Å². The van der Waals surface area contributed by atoms with Gasteiger partial charge in [-0.3, -0.25) is 4.79 Å². The number of hydrogen-bond acceptors (Lipinski definition) is 5. The highest BCUT2D eigenvalue weighted by atomic mass is 16.3. The van der Waals surface area contributed by atoms with Gasteiger partial charge in [-0.25, -0.2) is 0 Å². The van der Waals surface area contributed by atoms with Crippen molar-refractivity contribution in [3.63, 3.8) is 0 Å². The molecule has 0 heterocycles. The molecule has 0 saturated heterocycles. The maximum absolute atomic E-state index is 12.5. The summed E-state index contributed by atoms with van der Waals surface area (Å²) in [6.07, 6.45) is 51.4. The average molecular weight is 794 g/mol. The largest absolute Gasteiger partial charge is 0.394 e. The van der Waals surface area contributed by atoms with Crippen molar-refractivity contribution in [2.24, 2.45) is 0 Å². The number of hydrogen-bond donors (Lipinski definition) is 5. The van der Waals surface area contributed by atoms with Gasteiger partial charge in [0.2, 0.25) is 5.91 Å². The molecule has 5 N–H and O–H groups in total. The number of rotatable bonds is 46. The predicted octanol–water partition coefficient (Wildman–Crippen LogP) is 13.7. The fourth-order valence-electron chi connectivity index (χ4n) is 7.99. The Balaban J connectivity index is 3.60. The second kappa shape index (κ2) is 45.1. The van der Waals surface area contributed by atoms with Crippen LogP contribution in [0.4, 0.5) is 0 Å². The molecule has 0 aromatic heterocycles. The minimum Gasteiger partial charge on any atom is -0.394 e. The fraction of sp³-hybridized carbons (Fsp3) is 0.940. The number of carbonyl (C=O) groups is 1. The molecule has 0 fully saturated rings. The maximum atomic E-state index is 12.5. The molecule has 0 aliphatic heterocycles. The van der Waals surface area contributed by atoms with Crippen LogP contribution in [-0.4, -0.2) is 57.3 Å². The minimum absolute atomic E-state index is 0.367. The number of nitrogens with one attached hydrogen (secondary N) is 1. The molecule has 334 valence electrons. The third-order valence-corrected chi connectivity index (χ3v) is 12.0. The number of allylic oxidation sites excluding steroid dienone is 2. The first-order valence-electron chi connectivity index (χ1n) is 25.1. The van der Waals surface area contributed by atoms with Gasteiger partial charge >= 0.3 is 0 Å². The van der Waals surface area contributed by atoms with E-state index >= 15 is 0 Å². The van der Waals surface area contributed by atoms with Crippen LogP contribution in [-0.2, 0) is 4.79 Å². The van der Waals surface area contributed by atoms with Crippen LogP contribution in [0.15, 0.2) is 12.2 Å². The third kappa shape index (κ3) is 38.6. The predicted molar refractivity (Wildman–Crippen MR) is 242 cm³/mol. The average Bonchev–Trinajstić information content (AvgIpc) is 3.20. The van der Waals surface area contributed by atoms with Crippen molar-refractivity contribution in [2.75, 3.05) is 6.61 Å². The number of unbranched alkanes of at least 4 members (excludes halogenated alkanes) is 35. The van der Waals surface area contributed by atoms with E-state index in [1.165, 1.54) is 205 Å². The second-order valence-electron chi connectivity index (χ2n) is 17.5. The first kappa shape index (κ1) is 55.0. The zero-order chi connectivity index (χ0) is 41.0. The number of aliphatic hydroxyl groups is 4. The molecule has 1 amide bonds. The van der Waals surface area contributed by atoms with Crippen molar-refractivity contribution in [1.29, 1.82) is 0 Å². The van der Waals surface area contributed by atoms with Crippen LogP contribution in [0.5, 0.6) is 0 Å². The van der Waals surface area contributed by atoms with Crippen molar-refractivity contribution >= 4 is 5.91 Å². The molecule has 56 heavy (non-hydrogen) atoms. The van der Waals surface area contributed by atoms with Crippen LogP contribution < -0.4 is 5.32 Å². The van der Waals surface area contributed by atoms with Gasteiger partial charge in [-0.15, -0.1) is 0 Å². The van der Waals surface area contributed by atoms with E-state index in [0.29, 0.717) is 12.8 Å². The van der Waals surface area contributed by atoms with Crippen molar-refractivity contribution < 1.29 is 25.2 Å². The monoisotopic (exact) mass is 794 g/mol. The van der Waals surface area contributed by atoms with Crippen LogP contribution >= 0.6 is 0 Å². The van der Waals surface area contributed by atoms with Gasteiger partial charge < -0.3 is 25.7 Å². The molecule has 0 spiro atoms. The van der Waals surface area contributed by atoms with Gasteiger partial charge in [-0.1, -0.05) is 244 Å². The van der Waals surface area contributed by atoms with Gasteiger partial charge in [0.25, 0.3) is 0 Å². The summed E-state index contributed by atoms with van der Waals surface area (Å²) < 4.78 is 0. The molecule has 6 heteroatoms. The summed E-state index contributed by atoms with van der Waals surface area (Å²) in [6.45, 7) is 4.04. The van der Waals surface area contributed by atoms with Gasteiger partial charge in [-0.2, -0.15) is 0 Å². The molecule has 0 aromatic rings. The van der Waals surface area contributed by atoms with Gasteiger partial charge in [0, 0.05) is 0 Å². The van der Waals surface area contributed by atoms with Crippen LogP contribution in [0.2, 0.25) is 0 Å². The molecule has 4 unspecified atom stereocenters. The lowest BCUT2D eigenvalue weighted by molar-refractivity contribution is -0.132. The molecule has 0 rings (SSSR count). The zero-order valence-corrected chi connectivity index (χ0v) is 37.7. The summed E-state index contributed by atoms with van der Waals surface area (Å²) in [5, 5.41) is 43.7. The van der Waals surface area contributed by atoms with Crippen molar-refractivity contribution in [3.05, 3.63) is 12.2 Å². The quantitative estimate of drug-likeness (QED) is 0.0311. The highest BCUT2D eigenvalue weighted by Gasteiger charge is 2.28. The first-order chi connectivity index (χ1) is 27.5. The third-order valence-electron chi connectivity index (χ3n) is 12.0. The Morgan fingerprint density at radius 2 is 0.732 bits per heavy atom.